The van der Waals surface area contributed by atoms with Crippen LogP contribution in [-0.4, -0.2) is 41.2 Å². The molecule has 160 valence electrons. The summed E-state index contributed by atoms with van der Waals surface area (Å²) >= 11 is 0. The minimum absolute atomic E-state index is 0.0264. The van der Waals surface area contributed by atoms with E-state index in [0.29, 0.717) is 11.3 Å². The van der Waals surface area contributed by atoms with Gasteiger partial charge in [0.25, 0.3) is 0 Å². The lowest BCUT2D eigenvalue weighted by Gasteiger charge is -2.36. The predicted molar refractivity (Wildman–Crippen MR) is 122 cm³/mol. The van der Waals surface area contributed by atoms with Crippen LogP contribution < -0.4 is 4.90 Å². The molecule has 1 aliphatic heterocycles. The molecule has 0 amide bonds. The van der Waals surface area contributed by atoms with Crippen molar-refractivity contribution in [3.8, 4) is 11.8 Å². The number of rotatable bonds is 3. The quantitative estimate of drug-likeness (QED) is 0.808. The van der Waals surface area contributed by atoms with Crippen LogP contribution in [-0.2, 0) is 17.4 Å². The van der Waals surface area contributed by atoms with Crippen molar-refractivity contribution >= 4 is 5.82 Å². The molecule has 1 N–H and O–H groups in total. The topological polar surface area (TPSA) is 63.4 Å². The fourth-order valence-electron chi connectivity index (χ4n) is 3.86. The molecule has 0 aliphatic carbocycles. The standard InChI is InChI=1S/C25H34N4O/c1-24(2,3)20-14-19(23(30)21(15-20)25(4,5)6)17-28-9-11-29(12-10-28)22-13-18(16-26)7-8-27-22/h7-8,13-15,30H,9-12,17H2,1-6H3. The van der Waals surface area contributed by atoms with Gasteiger partial charge < -0.3 is 10.0 Å². The molecule has 30 heavy (non-hydrogen) atoms. The summed E-state index contributed by atoms with van der Waals surface area (Å²) in [6, 6.07) is 10.1. The van der Waals surface area contributed by atoms with Crippen molar-refractivity contribution in [2.45, 2.75) is 58.9 Å². The van der Waals surface area contributed by atoms with Crippen LogP contribution in [0.4, 0.5) is 5.82 Å². The number of nitrogens with zero attached hydrogens (tertiary/aromatic N) is 4. The maximum absolute atomic E-state index is 11.1. The third kappa shape index (κ3) is 4.94. The van der Waals surface area contributed by atoms with Crippen LogP contribution in [0.5, 0.6) is 5.75 Å². The Kier molecular flexibility index (Phi) is 6.10. The molecule has 2 aromatic rings. The Morgan fingerprint density at radius 3 is 2.23 bits per heavy atom. The van der Waals surface area contributed by atoms with E-state index in [-0.39, 0.29) is 10.8 Å². The minimum atomic E-state index is -0.115. The van der Waals surface area contributed by atoms with Crippen molar-refractivity contribution in [1.82, 2.24) is 9.88 Å². The zero-order valence-corrected chi connectivity index (χ0v) is 19.2. The highest BCUT2D eigenvalue weighted by Gasteiger charge is 2.26. The third-order valence-corrected chi connectivity index (χ3v) is 5.83. The van der Waals surface area contributed by atoms with Crippen LogP contribution in [0.15, 0.2) is 30.5 Å². The zero-order chi connectivity index (χ0) is 22.1. The number of phenolic OH excluding ortho intramolecular Hbond substituents is 1. The van der Waals surface area contributed by atoms with E-state index in [4.69, 9.17) is 5.26 Å². The number of hydrogen-bond acceptors (Lipinski definition) is 5. The summed E-state index contributed by atoms with van der Waals surface area (Å²) in [6.45, 7) is 17.3. The van der Waals surface area contributed by atoms with Crippen LogP contribution in [0.1, 0.15) is 63.8 Å². The van der Waals surface area contributed by atoms with E-state index in [1.165, 1.54) is 5.56 Å². The number of hydrogen-bond donors (Lipinski definition) is 1. The van der Waals surface area contributed by atoms with Gasteiger partial charge >= 0.3 is 0 Å². The summed E-state index contributed by atoms with van der Waals surface area (Å²) in [5, 5.41) is 20.2. The van der Waals surface area contributed by atoms with E-state index >= 15 is 0 Å². The molecule has 2 heterocycles. The highest BCUT2D eigenvalue weighted by atomic mass is 16.3. The van der Waals surface area contributed by atoms with Crippen LogP contribution in [0.3, 0.4) is 0 Å². The minimum Gasteiger partial charge on any atom is -0.507 e. The number of phenols is 1. The fourth-order valence-corrected chi connectivity index (χ4v) is 3.86. The van der Waals surface area contributed by atoms with E-state index in [0.717, 1.165) is 49.7 Å². The van der Waals surface area contributed by atoms with Crippen molar-refractivity contribution in [2.75, 3.05) is 31.1 Å². The van der Waals surface area contributed by atoms with Crippen LogP contribution >= 0.6 is 0 Å². The third-order valence-electron chi connectivity index (χ3n) is 5.83. The van der Waals surface area contributed by atoms with Gasteiger partial charge in [0.15, 0.2) is 0 Å². The number of aromatic hydroxyl groups is 1. The number of pyridine rings is 1. The second kappa shape index (κ2) is 8.28. The molecule has 0 spiro atoms. The largest absolute Gasteiger partial charge is 0.507 e. The first-order valence-corrected chi connectivity index (χ1v) is 10.7. The summed E-state index contributed by atoms with van der Waals surface area (Å²) in [6.07, 6.45) is 1.70. The molecule has 5 heteroatoms. The normalized spacial score (nSPS) is 15.8. The van der Waals surface area contributed by atoms with Crippen molar-refractivity contribution in [3.63, 3.8) is 0 Å². The molecule has 0 unspecified atom stereocenters. The van der Waals surface area contributed by atoms with Crippen molar-refractivity contribution in [1.29, 1.82) is 5.26 Å². The van der Waals surface area contributed by atoms with Gasteiger partial charge in [0.1, 0.15) is 11.6 Å². The molecule has 0 bridgehead atoms. The van der Waals surface area contributed by atoms with Gasteiger partial charge in [-0.15, -0.1) is 0 Å². The Labute approximate surface area is 181 Å². The second-order valence-electron chi connectivity index (χ2n) is 10.3. The molecule has 5 nitrogen and oxygen atoms in total. The van der Waals surface area contributed by atoms with Crippen LogP contribution in [0.2, 0.25) is 0 Å². The van der Waals surface area contributed by atoms with Crippen LogP contribution in [0, 0.1) is 11.3 Å². The van der Waals surface area contributed by atoms with Gasteiger partial charge in [0.2, 0.25) is 0 Å². The van der Waals surface area contributed by atoms with Crippen molar-refractivity contribution < 1.29 is 5.11 Å². The van der Waals surface area contributed by atoms with Crippen molar-refractivity contribution in [2.24, 2.45) is 0 Å². The average molecular weight is 407 g/mol. The molecule has 3 rings (SSSR count). The average Bonchev–Trinajstić information content (AvgIpc) is 2.68. The Hall–Kier alpha value is -2.58. The van der Waals surface area contributed by atoms with E-state index in [9.17, 15) is 5.11 Å². The van der Waals surface area contributed by atoms with E-state index in [1.54, 1.807) is 12.3 Å². The van der Waals surface area contributed by atoms with Gasteiger partial charge in [-0.25, -0.2) is 4.98 Å². The number of benzene rings is 1. The molecule has 1 fully saturated rings. The number of aromatic nitrogens is 1. The molecular weight excluding hydrogens is 372 g/mol. The second-order valence-corrected chi connectivity index (χ2v) is 10.3. The first kappa shape index (κ1) is 22.1. The Balaban J connectivity index is 1.78. The summed E-state index contributed by atoms with van der Waals surface area (Å²) in [4.78, 5) is 9.04. The first-order valence-electron chi connectivity index (χ1n) is 10.7. The maximum Gasteiger partial charge on any atom is 0.129 e. The van der Waals surface area contributed by atoms with Gasteiger partial charge in [-0.3, -0.25) is 4.90 Å². The first-order chi connectivity index (χ1) is 14.0. The summed E-state index contributed by atoms with van der Waals surface area (Å²) in [5.41, 5.74) is 3.83. The molecule has 0 saturated carbocycles. The molecular formula is C25H34N4O. The van der Waals surface area contributed by atoms with Gasteiger partial charge in [0.05, 0.1) is 11.6 Å². The Bertz CT molecular complexity index is 939. The summed E-state index contributed by atoms with van der Waals surface area (Å²) < 4.78 is 0. The van der Waals surface area contributed by atoms with Gasteiger partial charge in [-0.1, -0.05) is 53.7 Å². The molecule has 1 aliphatic rings. The molecule has 0 atom stereocenters. The fraction of sp³-hybridized carbons (Fsp3) is 0.520. The molecule has 1 aromatic carbocycles. The zero-order valence-electron chi connectivity index (χ0n) is 19.2. The molecule has 1 saturated heterocycles. The lowest BCUT2D eigenvalue weighted by molar-refractivity contribution is 0.245. The highest BCUT2D eigenvalue weighted by Crippen LogP contribution is 2.38. The lowest BCUT2D eigenvalue weighted by Crippen LogP contribution is -2.46. The summed E-state index contributed by atoms with van der Waals surface area (Å²) in [5.74, 6) is 1.29. The van der Waals surface area contributed by atoms with Gasteiger partial charge in [-0.2, -0.15) is 5.26 Å². The monoisotopic (exact) mass is 406 g/mol. The van der Waals surface area contributed by atoms with Crippen molar-refractivity contribution in [3.05, 3.63) is 52.7 Å². The van der Waals surface area contributed by atoms with E-state index in [2.05, 4.69) is 74.5 Å². The van der Waals surface area contributed by atoms with E-state index in [1.807, 2.05) is 6.07 Å². The maximum atomic E-state index is 11.1. The Morgan fingerprint density at radius 2 is 1.67 bits per heavy atom. The van der Waals surface area contributed by atoms with Gasteiger partial charge in [-0.05, 0) is 34.1 Å². The number of anilines is 1. The summed E-state index contributed by atoms with van der Waals surface area (Å²) in [7, 11) is 0. The number of nitriles is 1. The lowest BCUT2D eigenvalue weighted by atomic mass is 9.79. The predicted octanol–water partition coefficient (Wildman–Crippen LogP) is 4.58. The van der Waals surface area contributed by atoms with Crippen LogP contribution in [0.25, 0.3) is 0 Å². The molecule has 0 radical (unpaired) electrons. The van der Waals surface area contributed by atoms with E-state index < -0.39 is 0 Å². The molecule has 1 aromatic heterocycles. The highest BCUT2D eigenvalue weighted by molar-refractivity contribution is 5.49. The SMILES string of the molecule is CC(C)(C)c1cc(CN2CCN(c3cc(C#N)ccn3)CC2)c(O)c(C(C)(C)C)c1. The van der Waals surface area contributed by atoms with Gasteiger partial charge in [0, 0.05) is 44.5 Å². The number of piperazine rings is 1. The smallest absolute Gasteiger partial charge is 0.129 e. The Morgan fingerprint density at radius 1 is 1.00 bits per heavy atom.